The monoisotopic (exact) mass is 326 g/mol. The van der Waals surface area contributed by atoms with E-state index in [1.807, 2.05) is 42.5 Å². The van der Waals surface area contributed by atoms with Gasteiger partial charge in [-0.05, 0) is 47.5 Å². The maximum absolute atomic E-state index is 12.6. The molecular formula is C21H14N2O2. The lowest BCUT2D eigenvalue weighted by atomic mass is 10.1. The smallest absolute Gasteiger partial charge is 0.266 e. The number of amides is 2. The standard InChI is InChI=1S/C21H14N2O2/c24-20-18-6-1-2-7-19(18)21(25)23(20)17-5-3-4-16(14-17)9-8-15-10-12-22-13-11-15/h1-14H. The molecule has 2 aromatic carbocycles. The van der Waals surface area contributed by atoms with Crippen LogP contribution in [0.5, 0.6) is 0 Å². The van der Waals surface area contributed by atoms with E-state index in [1.54, 1.807) is 42.7 Å². The van der Waals surface area contributed by atoms with E-state index in [0.29, 0.717) is 16.8 Å². The number of hydrogen-bond donors (Lipinski definition) is 0. The number of hydrogen-bond acceptors (Lipinski definition) is 3. The molecule has 25 heavy (non-hydrogen) atoms. The Morgan fingerprint density at radius 3 is 2.04 bits per heavy atom. The first kappa shape index (κ1) is 15.0. The van der Waals surface area contributed by atoms with Gasteiger partial charge in [0.2, 0.25) is 0 Å². The summed E-state index contributed by atoms with van der Waals surface area (Å²) < 4.78 is 0. The van der Waals surface area contributed by atoms with E-state index >= 15 is 0 Å². The zero-order valence-electron chi connectivity index (χ0n) is 13.3. The zero-order valence-corrected chi connectivity index (χ0v) is 13.3. The Labute approximate surface area is 145 Å². The molecule has 0 atom stereocenters. The molecule has 4 heteroatoms. The highest BCUT2D eigenvalue weighted by Crippen LogP contribution is 2.29. The molecule has 0 bridgehead atoms. The van der Waals surface area contributed by atoms with E-state index in [4.69, 9.17) is 0 Å². The number of imide groups is 1. The molecule has 0 unspecified atom stereocenters. The Bertz CT molecular complexity index is 959. The van der Waals surface area contributed by atoms with Crippen LogP contribution in [0.2, 0.25) is 0 Å². The number of pyridine rings is 1. The number of fused-ring (bicyclic) bond motifs is 1. The van der Waals surface area contributed by atoms with Gasteiger partial charge in [-0.2, -0.15) is 0 Å². The molecule has 3 aromatic rings. The highest BCUT2D eigenvalue weighted by atomic mass is 16.2. The van der Waals surface area contributed by atoms with Crippen LogP contribution in [0.1, 0.15) is 31.8 Å². The van der Waals surface area contributed by atoms with E-state index in [2.05, 4.69) is 4.98 Å². The van der Waals surface area contributed by atoms with Crippen LogP contribution < -0.4 is 4.90 Å². The quantitative estimate of drug-likeness (QED) is 0.682. The molecule has 4 rings (SSSR count). The van der Waals surface area contributed by atoms with Crippen LogP contribution in [0.4, 0.5) is 5.69 Å². The largest absolute Gasteiger partial charge is 0.268 e. The number of carbonyl (C=O) groups excluding carboxylic acids is 2. The summed E-state index contributed by atoms with van der Waals surface area (Å²) in [4.78, 5) is 30.4. The first-order chi connectivity index (χ1) is 12.2. The third-order valence-electron chi connectivity index (χ3n) is 4.10. The molecular weight excluding hydrogens is 312 g/mol. The minimum atomic E-state index is -0.282. The Kier molecular flexibility index (Phi) is 3.71. The van der Waals surface area contributed by atoms with Crippen molar-refractivity contribution < 1.29 is 9.59 Å². The summed E-state index contributed by atoms with van der Waals surface area (Å²) in [6, 6.07) is 18.1. The van der Waals surface area contributed by atoms with Crippen molar-refractivity contribution in [2.24, 2.45) is 0 Å². The highest BCUT2D eigenvalue weighted by molar-refractivity contribution is 6.34. The van der Waals surface area contributed by atoms with Crippen LogP contribution in [-0.2, 0) is 0 Å². The lowest BCUT2D eigenvalue weighted by Gasteiger charge is -2.14. The van der Waals surface area contributed by atoms with Crippen LogP contribution in [0.25, 0.3) is 12.2 Å². The Hall–Kier alpha value is -3.53. The maximum Gasteiger partial charge on any atom is 0.266 e. The van der Waals surface area contributed by atoms with Crippen molar-refractivity contribution in [1.29, 1.82) is 0 Å². The number of aromatic nitrogens is 1. The minimum absolute atomic E-state index is 0.282. The summed E-state index contributed by atoms with van der Waals surface area (Å²) in [6.45, 7) is 0. The predicted molar refractivity (Wildman–Crippen MR) is 97.2 cm³/mol. The van der Waals surface area contributed by atoms with Gasteiger partial charge in [-0.3, -0.25) is 14.6 Å². The van der Waals surface area contributed by atoms with Crippen molar-refractivity contribution in [2.75, 3.05) is 4.90 Å². The second kappa shape index (κ2) is 6.17. The van der Waals surface area contributed by atoms with Gasteiger partial charge in [-0.25, -0.2) is 4.90 Å². The van der Waals surface area contributed by atoms with E-state index in [9.17, 15) is 9.59 Å². The molecule has 120 valence electrons. The first-order valence-electron chi connectivity index (χ1n) is 7.90. The molecule has 0 saturated carbocycles. The summed E-state index contributed by atoms with van der Waals surface area (Å²) in [5, 5.41) is 0. The van der Waals surface area contributed by atoms with E-state index in [-0.39, 0.29) is 11.8 Å². The molecule has 0 aliphatic carbocycles. The van der Waals surface area contributed by atoms with E-state index < -0.39 is 0 Å². The van der Waals surface area contributed by atoms with Gasteiger partial charge in [0.1, 0.15) is 0 Å². The van der Waals surface area contributed by atoms with E-state index in [1.165, 1.54) is 4.90 Å². The van der Waals surface area contributed by atoms with Crippen molar-refractivity contribution in [3.8, 4) is 0 Å². The second-order valence-electron chi connectivity index (χ2n) is 5.70. The van der Waals surface area contributed by atoms with E-state index in [0.717, 1.165) is 11.1 Å². The van der Waals surface area contributed by atoms with Crippen LogP contribution in [0, 0.1) is 0 Å². The van der Waals surface area contributed by atoms with Crippen LogP contribution in [0.15, 0.2) is 73.1 Å². The SMILES string of the molecule is O=C1c2ccccc2C(=O)N1c1cccc(C=Cc2ccncc2)c1. The average molecular weight is 326 g/mol. The lowest BCUT2D eigenvalue weighted by molar-refractivity contribution is 0.0926. The van der Waals surface area contributed by atoms with Crippen molar-refractivity contribution in [3.63, 3.8) is 0 Å². The fourth-order valence-electron chi connectivity index (χ4n) is 2.86. The molecule has 2 amide bonds. The van der Waals surface area contributed by atoms with Gasteiger partial charge < -0.3 is 0 Å². The van der Waals surface area contributed by atoms with Crippen molar-refractivity contribution >= 4 is 29.7 Å². The molecule has 1 aliphatic rings. The molecule has 0 radical (unpaired) electrons. The molecule has 0 fully saturated rings. The Morgan fingerprint density at radius 2 is 1.36 bits per heavy atom. The fraction of sp³-hybridized carbons (Fsp3) is 0. The molecule has 0 saturated heterocycles. The fourth-order valence-corrected chi connectivity index (χ4v) is 2.86. The van der Waals surface area contributed by atoms with Gasteiger partial charge in [0.05, 0.1) is 16.8 Å². The second-order valence-corrected chi connectivity index (χ2v) is 5.70. The number of rotatable bonds is 3. The molecule has 1 aromatic heterocycles. The van der Waals surface area contributed by atoms with Gasteiger partial charge in [0.15, 0.2) is 0 Å². The molecule has 4 nitrogen and oxygen atoms in total. The summed E-state index contributed by atoms with van der Waals surface area (Å²) in [5.41, 5.74) is 3.41. The van der Waals surface area contributed by atoms with Crippen molar-refractivity contribution in [3.05, 3.63) is 95.3 Å². The summed E-state index contributed by atoms with van der Waals surface area (Å²) in [6.07, 6.45) is 7.37. The van der Waals surface area contributed by atoms with Crippen LogP contribution >= 0.6 is 0 Å². The molecule has 0 spiro atoms. The van der Waals surface area contributed by atoms with Gasteiger partial charge in [-0.15, -0.1) is 0 Å². The minimum Gasteiger partial charge on any atom is -0.268 e. The average Bonchev–Trinajstić information content (AvgIpc) is 2.92. The van der Waals surface area contributed by atoms with Gasteiger partial charge in [-0.1, -0.05) is 36.4 Å². The number of anilines is 1. The molecule has 1 aliphatic heterocycles. The van der Waals surface area contributed by atoms with Crippen molar-refractivity contribution in [2.45, 2.75) is 0 Å². The number of benzene rings is 2. The lowest BCUT2D eigenvalue weighted by Crippen LogP contribution is -2.29. The molecule has 2 heterocycles. The van der Waals surface area contributed by atoms with Crippen LogP contribution in [0.3, 0.4) is 0 Å². The summed E-state index contributed by atoms with van der Waals surface area (Å²) >= 11 is 0. The maximum atomic E-state index is 12.6. The van der Waals surface area contributed by atoms with Gasteiger partial charge >= 0.3 is 0 Å². The third kappa shape index (κ3) is 2.74. The topological polar surface area (TPSA) is 50.3 Å². The number of carbonyl (C=O) groups is 2. The van der Waals surface area contributed by atoms with Gasteiger partial charge in [0.25, 0.3) is 11.8 Å². The van der Waals surface area contributed by atoms with Crippen LogP contribution in [-0.4, -0.2) is 16.8 Å². The number of nitrogens with zero attached hydrogens (tertiary/aromatic N) is 2. The summed E-state index contributed by atoms with van der Waals surface area (Å²) in [7, 11) is 0. The normalized spacial score (nSPS) is 13.5. The van der Waals surface area contributed by atoms with Crippen molar-refractivity contribution in [1.82, 2.24) is 4.98 Å². The Morgan fingerprint density at radius 1 is 0.720 bits per heavy atom. The highest BCUT2D eigenvalue weighted by Gasteiger charge is 2.36. The molecule has 0 N–H and O–H groups in total. The Balaban J connectivity index is 1.66. The first-order valence-corrected chi connectivity index (χ1v) is 7.90. The summed E-state index contributed by atoms with van der Waals surface area (Å²) in [5.74, 6) is -0.563. The predicted octanol–water partition coefficient (Wildman–Crippen LogP) is 4.05. The zero-order chi connectivity index (χ0) is 17.2. The van der Waals surface area contributed by atoms with Gasteiger partial charge in [0, 0.05) is 12.4 Å². The third-order valence-corrected chi connectivity index (χ3v) is 4.10.